The van der Waals surface area contributed by atoms with Crippen LogP contribution >= 0.6 is 11.6 Å². The van der Waals surface area contributed by atoms with Gasteiger partial charge in [0.05, 0.1) is 12.1 Å². The molecule has 0 saturated heterocycles. The van der Waals surface area contributed by atoms with Crippen molar-refractivity contribution in [2.45, 2.75) is 19.4 Å². The number of carbonyl (C=O) groups excluding carboxylic acids is 3. The molecule has 142 valence electrons. The highest BCUT2D eigenvalue weighted by Gasteiger charge is 2.19. The number of esters is 1. The summed E-state index contributed by atoms with van der Waals surface area (Å²) in [6.07, 6.45) is -1.22. The lowest BCUT2D eigenvalue weighted by molar-refractivity contribution is -0.153. The van der Waals surface area contributed by atoms with Gasteiger partial charge in [-0.05, 0) is 43.3 Å². The third kappa shape index (κ3) is 6.38. The number of anilines is 1. The van der Waals surface area contributed by atoms with E-state index in [-0.39, 0.29) is 24.6 Å². The first-order valence-corrected chi connectivity index (χ1v) is 8.53. The minimum atomic E-state index is -1.11. The van der Waals surface area contributed by atoms with Crippen LogP contribution in [0, 0.1) is 5.82 Å². The Balaban J connectivity index is 1.74. The van der Waals surface area contributed by atoms with Crippen LogP contribution in [0.3, 0.4) is 0 Å². The first-order valence-electron chi connectivity index (χ1n) is 8.15. The van der Waals surface area contributed by atoms with E-state index in [1.807, 2.05) is 0 Å². The molecule has 2 aromatic rings. The molecule has 2 aromatic carbocycles. The molecule has 0 saturated carbocycles. The van der Waals surface area contributed by atoms with Gasteiger partial charge < -0.3 is 15.4 Å². The number of halogens is 2. The normalized spacial score (nSPS) is 11.4. The number of nitrogens with one attached hydrogen (secondary N) is 2. The molecule has 0 aliphatic carbocycles. The molecule has 0 unspecified atom stereocenters. The Morgan fingerprint density at radius 2 is 1.78 bits per heavy atom. The smallest absolute Gasteiger partial charge is 0.308 e. The molecule has 0 aliphatic rings. The van der Waals surface area contributed by atoms with Crippen molar-refractivity contribution in [3.8, 4) is 0 Å². The fourth-order valence-electron chi connectivity index (χ4n) is 2.09. The summed E-state index contributed by atoms with van der Waals surface area (Å²) in [6, 6.07) is 12.0. The van der Waals surface area contributed by atoms with Crippen molar-refractivity contribution in [1.82, 2.24) is 5.32 Å². The van der Waals surface area contributed by atoms with Crippen LogP contribution < -0.4 is 10.6 Å². The number of hydrogen-bond acceptors (Lipinski definition) is 4. The summed E-state index contributed by atoms with van der Waals surface area (Å²) in [6.45, 7) is 1.42. The maximum absolute atomic E-state index is 13.5. The molecule has 8 heteroatoms. The van der Waals surface area contributed by atoms with E-state index in [1.54, 1.807) is 30.3 Å². The van der Waals surface area contributed by atoms with E-state index in [9.17, 15) is 18.8 Å². The van der Waals surface area contributed by atoms with Crippen LogP contribution in [-0.4, -0.2) is 30.4 Å². The third-order valence-electron chi connectivity index (χ3n) is 3.53. The van der Waals surface area contributed by atoms with Gasteiger partial charge >= 0.3 is 5.97 Å². The van der Waals surface area contributed by atoms with Crippen LogP contribution in [0.2, 0.25) is 5.02 Å². The summed E-state index contributed by atoms with van der Waals surface area (Å²) in [5.74, 6) is -2.26. The van der Waals surface area contributed by atoms with Crippen molar-refractivity contribution < 1.29 is 23.5 Å². The molecular weight excluding hydrogens is 375 g/mol. The molecule has 27 heavy (non-hydrogen) atoms. The first kappa shape index (κ1) is 20.4. The summed E-state index contributed by atoms with van der Waals surface area (Å²) in [5, 5.41) is 5.42. The lowest BCUT2D eigenvalue weighted by Crippen LogP contribution is -2.32. The molecule has 1 atom stereocenters. The van der Waals surface area contributed by atoms with Gasteiger partial charge in [0.1, 0.15) is 5.82 Å². The zero-order valence-corrected chi connectivity index (χ0v) is 15.3. The Morgan fingerprint density at radius 1 is 1.11 bits per heavy atom. The van der Waals surface area contributed by atoms with Gasteiger partial charge in [0.2, 0.25) is 0 Å². The quantitative estimate of drug-likeness (QED) is 0.709. The summed E-state index contributed by atoms with van der Waals surface area (Å²) in [5.41, 5.74) is 0.408. The van der Waals surface area contributed by atoms with Gasteiger partial charge in [0.25, 0.3) is 11.8 Å². The molecule has 6 nitrogen and oxygen atoms in total. The minimum absolute atomic E-state index is 0.000580. The van der Waals surface area contributed by atoms with E-state index in [0.29, 0.717) is 10.6 Å². The molecule has 0 radical (unpaired) electrons. The van der Waals surface area contributed by atoms with Gasteiger partial charge in [0, 0.05) is 17.1 Å². The topological polar surface area (TPSA) is 84.5 Å². The Bertz CT molecular complexity index is 827. The Morgan fingerprint density at radius 3 is 2.44 bits per heavy atom. The van der Waals surface area contributed by atoms with Crippen LogP contribution in [0.15, 0.2) is 48.5 Å². The van der Waals surface area contributed by atoms with Crippen LogP contribution in [0.1, 0.15) is 23.7 Å². The summed E-state index contributed by atoms with van der Waals surface area (Å²) < 4.78 is 18.5. The van der Waals surface area contributed by atoms with Crippen LogP contribution in [0.5, 0.6) is 0 Å². The molecule has 0 aliphatic heterocycles. The average molecular weight is 393 g/mol. The van der Waals surface area contributed by atoms with E-state index in [0.717, 1.165) is 0 Å². The molecule has 0 heterocycles. The predicted octanol–water partition coefficient (Wildman–Crippen LogP) is 3.17. The van der Waals surface area contributed by atoms with Crippen molar-refractivity contribution in [3.63, 3.8) is 0 Å². The summed E-state index contributed by atoms with van der Waals surface area (Å²) in [4.78, 5) is 35.7. The monoisotopic (exact) mass is 392 g/mol. The number of benzene rings is 2. The molecular formula is C19H18ClFN2O4. The van der Waals surface area contributed by atoms with Gasteiger partial charge in [-0.15, -0.1) is 0 Å². The van der Waals surface area contributed by atoms with Crippen LogP contribution in [0.25, 0.3) is 0 Å². The van der Waals surface area contributed by atoms with Crippen molar-refractivity contribution in [3.05, 3.63) is 64.9 Å². The number of ether oxygens (including phenoxy) is 1. The zero-order valence-electron chi connectivity index (χ0n) is 14.5. The summed E-state index contributed by atoms with van der Waals surface area (Å²) >= 11 is 5.75. The highest BCUT2D eigenvalue weighted by molar-refractivity contribution is 6.30. The van der Waals surface area contributed by atoms with Gasteiger partial charge in [-0.25, -0.2) is 4.39 Å². The number of hydrogen-bond donors (Lipinski definition) is 2. The van der Waals surface area contributed by atoms with Crippen molar-refractivity contribution in [2.75, 3.05) is 11.9 Å². The maximum atomic E-state index is 13.5. The average Bonchev–Trinajstić information content (AvgIpc) is 2.64. The van der Waals surface area contributed by atoms with Crippen LogP contribution in [-0.2, 0) is 14.3 Å². The minimum Gasteiger partial charge on any atom is -0.452 e. The zero-order chi connectivity index (χ0) is 19.8. The second kappa shape index (κ2) is 9.68. The predicted molar refractivity (Wildman–Crippen MR) is 99.0 cm³/mol. The van der Waals surface area contributed by atoms with Gasteiger partial charge in [-0.3, -0.25) is 14.4 Å². The highest BCUT2D eigenvalue weighted by atomic mass is 35.5. The third-order valence-corrected chi connectivity index (χ3v) is 3.78. The van der Waals surface area contributed by atoms with Gasteiger partial charge in [-0.1, -0.05) is 23.7 Å². The maximum Gasteiger partial charge on any atom is 0.308 e. The SMILES string of the molecule is C[C@@H](OC(=O)CCNC(=O)c1ccc(Cl)cc1)C(=O)Nc1ccccc1F. The lowest BCUT2D eigenvalue weighted by Gasteiger charge is -2.14. The fourth-order valence-corrected chi connectivity index (χ4v) is 2.21. The number of rotatable bonds is 7. The summed E-state index contributed by atoms with van der Waals surface area (Å²) in [7, 11) is 0. The lowest BCUT2D eigenvalue weighted by atomic mass is 10.2. The fraction of sp³-hybridized carbons (Fsp3) is 0.211. The van der Waals surface area contributed by atoms with Crippen molar-refractivity contribution in [1.29, 1.82) is 0 Å². The largest absolute Gasteiger partial charge is 0.452 e. The number of amides is 2. The second-order valence-corrected chi connectivity index (χ2v) is 6.05. The van der Waals surface area contributed by atoms with Crippen molar-refractivity contribution >= 4 is 35.1 Å². The molecule has 2 rings (SSSR count). The molecule has 2 N–H and O–H groups in total. The van der Waals surface area contributed by atoms with Gasteiger partial charge in [0.15, 0.2) is 6.10 Å². The standard InChI is InChI=1S/C19H18ClFN2O4/c1-12(18(25)23-16-5-3-2-4-15(16)21)27-17(24)10-11-22-19(26)13-6-8-14(20)9-7-13/h2-9,12H,10-11H2,1H3,(H,22,26)(H,23,25)/t12-/m1/s1. The Hall–Kier alpha value is -2.93. The molecule has 0 bridgehead atoms. The van der Waals surface area contributed by atoms with E-state index in [2.05, 4.69) is 10.6 Å². The highest BCUT2D eigenvalue weighted by Crippen LogP contribution is 2.13. The molecule has 0 fully saturated rings. The molecule has 0 aromatic heterocycles. The van der Waals surface area contributed by atoms with Crippen molar-refractivity contribution in [2.24, 2.45) is 0 Å². The van der Waals surface area contributed by atoms with E-state index >= 15 is 0 Å². The van der Waals surface area contributed by atoms with E-state index < -0.39 is 23.8 Å². The van der Waals surface area contributed by atoms with Crippen LogP contribution in [0.4, 0.5) is 10.1 Å². The first-order chi connectivity index (χ1) is 12.9. The second-order valence-electron chi connectivity index (χ2n) is 5.61. The molecule has 0 spiro atoms. The Labute approximate surface area is 160 Å². The van der Waals surface area contributed by atoms with Gasteiger partial charge in [-0.2, -0.15) is 0 Å². The number of para-hydroxylation sites is 1. The Kier molecular flexibility index (Phi) is 7.31. The molecule has 2 amide bonds. The number of carbonyl (C=O) groups is 3. The van der Waals surface area contributed by atoms with E-state index in [4.69, 9.17) is 16.3 Å². The van der Waals surface area contributed by atoms with E-state index in [1.165, 1.54) is 25.1 Å².